The third-order valence-corrected chi connectivity index (χ3v) is 5.79. The number of rotatable bonds is 3. The fourth-order valence-corrected chi connectivity index (χ4v) is 4.20. The Kier molecular flexibility index (Phi) is 4.99. The summed E-state index contributed by atoms with van der Waals surface area (Å²) in [5.74, 6) is 0.0353. The van der Waals surface area contributed by atoms with Crippen molar-refractivity contribution >= 4 is 39.4 Å². The summed E-state index contributed by atoms with van der Waals surface area (Å²) in [6.45, 7) is 2.92. The van der Waals surface area contributed by atoms with Gasteiger partial charge < -0.3 is 14.5 Å². The van der Waals surface area contributed by atoms with E-state index in [1.807, 2.05) is 29.2 Å². The number of hydrogen-bond donors (Lipinski definition) is 0. The average Bonchev–Trinajstić information content (AvgIpc) is 3.35. The molecule has 0 saturated carbocycles. The second kappa shape index (κ2) is 7.55. The number of fused-ring (bicyclic) bond motifs is 1. The fraction of sp³-hybridized carbons (Fsp3) is 0.421. The van der Waals surface area contributed by atoms with Gasteiger partial charge >= 0.3 is 0 Å². The van der Waals surface area contributed by atoms with Gasteiger partial charge in [0.25, 0.3) is 5.91 Å². The van der Waals surface area contributed by atoms with Crippen LogP contribution in [0.15, 0.2) is 30.3 Å². The summed E-state index contributed by atoms with van der Waals surface area (Å²) in [7, 11) is 0. The Hall–Kier alpha value is -2.25. The maximum atomic E-state index is 12.4. The molecule has 2 aromatic rings. The number of para-hydroxylation sites is 1. The summed E-state index contributed by atoms with van der Waals surface area (Å²) >= 11 is 1.57. The van der Waals surface area contributed by atoms with Crippen molar-refractivity contribution in [2.45, 2.75) is 18.9 Å². The average molecular weight is 371 g/mol. The molecule has 0 radical (unpaired) electrons. The quantitative estimate of drug-likeness (QED) is 0.776. The van der Waals surface area contributed by atoms with Crippen molar-refractivity contribution in [2.75, 3.05) is 32.8 Å². The van der Waals surface area contributed by atoms with Gasteiger partial charge in [0, 0.05) is 38.9 Å². The number of thiazole rings is 1. The molecule has 6 nitrogen and oxygen atoms in total. The normalized spacial score (nSPS) is 21.0. The number of nitrogens with zero attached hydrogens (tertiary/aromatic N) is 3. The molecule has 0 aliphatic carbocycles. The SMILES string of the molecule is O=C(C=Cc1nc2ccccc2s1)N1CCN(C(=O)C2CCCO2)CC1. The van der Waals surface area contributed by atoms with Gasteiger partial charge in [-0.15, -0.1) is 11.3 Å². The van der Waals surface area contributed by atoms with Gasteiger partial charge in [0.2, 0.25) is 5.91 Å². The highest BCUT2D eigenvalue weighted by molar-refractivity contribution is 7.19. The van der Waals surface area contributed by atoms with Gasteiger partial charge in [0.15, 0.2) is 0 Å². The lowest BCUT2D eigenvalue weighted by Crippen LogP contribution is -2.52. The Morgan fingerprint density at radius 1 is 1.15 bits per heavy atom. The van der Waals surface area contributed by atoms with Crippen molar-refractivity contribution in [1.29, 1.82) is 0 Å². The largest absolute Gasteiger partial charge is 0.368 e. The van der Waals surface area contributed by atoms with Crippen LogP contribution >= 0.6 is 11.3 Å². The second-order valence-electron chi connectivity index (χ2n) is 6.51. The summed E-state index contributed by atoms with van der Waals surface area (Å²) in [5.41, 5.74) is 0.950. The number of carbonyl (C=O) groups excluding carboxylic acids is 2. The summed E-state index contributed by atoms with van der Waals surface area (Å²) in [6.07, 6.45) is 4.83. The van der Waals surface area contributed by atoms with E-state index in [1.54, 1.807) is 28.4 Å². The Morgan fingerprint density at radius 2 is 1.92 bits per heavy atom. The number of hydrogen-bond acceptors (Lipinski definition) is 5. The summed E-state index contributed by atoms with van der Waals surface area (Å²) in [5, 5.41) is 0.826. The molecule has 1 aromatic carbocycles. The highest BCUT2D eigenvalue weighted by Crippen LogP contribution is 2.22. The highest BCUT2D eigenvalue weighted by atomic mass is 32.1. The lowest BCUT2D eigenvalue weighted by molar-refractivity contribution is -0.144. The van der Waals surface area contributed by atoms with Crippen LogP contribution in [-0.2, 0) is 14.3 Å². The molecular weight excluding hydrogens is 350 g/mol. The van der Waals surface area contributed by atoms with Crippen LogP contribution in [0.5, 0.6) is 0 Å². The molecule has 2 aliphatic heterocycles. The zero-order valence-corrected chi connectivity index (χ0v) is 15.3. The van der Waals surface area contributed by atoms with Crippen molar-refractivity contribution in [3.8, 4) is 0 Å². The van der Waals surface area contributed by atoms with Crippen LogP contribution in [0.25, 0.3) is 16.3 Å². The molecule has 2 saturated heterocycles. The van der Waals surface area contributed by atoms with E-state index in [-0.39, 0.29) is 17.9 Å². The van der Waals surface area contributed by atoms with Crippen molar-refractivity contribution < 1.29 is 14.3 Å². The zero-order chi connectivity index (χ0) is 17.9. The summed E-state index contributed by atoms with van der Waals surface area (Å²) in [4.78, 5) is 32.9. The van der Waals surface area contributed by atoms with Gasteiger partial charge in [0.1, 0.15) is 11.1 Å². The number of piperazine rings is 1. The lowest BCUT2D eigenvalue weighted by atomic mass is 10.2. The van der Waals surface area contributed by atoms with Crippen LogP contribution in [0, 0.1) is 0 Å². The highest BCUT2D eigenvalue weighted by Gasteiger charge is 2.30. The van der Waals surface area contributed by atoms with E-state index in [0.29, 0.717) is 32.8 Å². The molecule has 4 rings (SSSR count). The Morgan fingerprint density at radius 3 is 2.65 bits per heavy atom. The minimum atomic E-state index is -0.281. The molecule has 1 aromatic heterocycles. The first-order valence-corrected chi connectivity index (χ1v) is 9.75. The Balaban J connectivity index is 1.32. The molecule has 1 atom stereocenters. The molecule has 0 bridgehead atoms. The lowest BCUT2D eigenvalue weighted by Gasteiger charge is -2.35. The first-order valence-electron chi connectivity index (χ1n) is 8.94. The topological polar surface area (TPSA) is 62.7 Å². The fourth-order valence-electron chi connectivity index (χ4n) is 3.33. The molecule has 0 spiro atoms. The van der Waals surface area contributed by atoms with Crippen LogP contribution in [0.3, 0.4) is 0 Å². The van der Waals surface area contributed by atoms with E-state index in [0.717, 1.165) is 28.1 Å². The van der Waals surface area contributed by atoms with Crippen LogP contribution < -0.4 is 0 Å². The number of aromatic nitrogens is 1. The van der Waals surface area contributed by atoms with Crippen molar-refractivity contribution in [1.82, 2.24) is 14.8 Å². The van der Waals surface area contributed by atoms with Gasteiger partial charge in [-0.05, 0) is 31.1 Å². The van der Waals surface area contributed by atoms with Gasteiger partial charge in [-0.3, -0.25) is 9.59 Å². The summed E-state index contributed by atoms with van der Waals surface area (Å²) in [6, 6.07) is 7.93. The second-order valence-corrected chi connectivity index (χ2v) is 7.57. The molecule has 1 unspecified atom stereocenters. The third kappa shape index (κ3) is 3.64. The van der Waals surface area contributed by atoms with Crippen molar-refractivity contribution in [3.05, 3.63) is 35.3 Å². The Labute approximate surface area is 156 Å². The minimum absolute atomic E-state index is 0.0338. The predicted octanol–water partition coefficient (Wildman–Crippen LogP) is 2.16. The van der Waals surface area contributed by atoms with Crippen LogP contribution in [0.1, 0.15) is 17.8 Å². The number of benzene rings is 1. The van der Waals surface area contributed by atoms with Crippen molar-refractivity contribution in [3.63, 3.8) is 0 Å². The minimum Gasteiger partial charge on any atom is -0.368 e. The van der Waals surface area contributed by atoms with Crippen LogP contribution in [-0.4, -0.2) is 65.5 Å². The molecule has 3 heterocycles. The van der Waals surface area contributed by atoms with Gasteiger partial charge in [-0.25, -0.2) is 4.98 Å². The van der Waals surface area contributed by atoms with Crippen molar-refractivity contribution in [2.24, 2.45) is 0 Å². The molecule has 2 aliphatic rings. The molecule has 26 heavy (non-hydrogen) atoms. The van der Waals surface area contributed by atoms with E-state index in [2.05, 4.69) is 4.98 Å². The van der Waals surface area contributed by atoms with Gasteiger partial charge in [-0.2, -0.15) is 0 Å². The van der Waals surface area contributed by atoms with E-state index in [4.69, 9.17) is 4.74 Å². The third-order valence-electron chi connectivity index (χ3n) is 4.79. The molecule has 2 fully saturated rings. The maximum absolute atomic E-state index is 12.4. The zero-order valence-electron chi connectivity index (χ0n) is 14.5. The number of amides is 2. The first kappa shape index (κ1) is 17.2. The number of carbonyl (C=O) groups is 2. The standard InChI is InChI=1S/C19H21N3O3S/c23-18(8-7-17-20-14-4-1-2-6-16(14)26-17)21-9-11-22(12-10-21)19(24)15-5-3-13-25-15/h1-2,4,6-8,15H,3,5,9-13H2. The predicted molar refractivity (Wildman–Crippen MR) is 101 cm³/mol. The summed E-state index contributed by atoms with van der Waals surface area (Å²) < 4.78 is 6.58. The molecule has 136 valence electrons. The van der Waals surface area contributed by atoms with Gasteiger partial charge in [-0.1, -0.05) is 12.1 Å². The van der Waals surface area contributed by atoms with E-state index in [9.17, 15) is 9.59 Å². The van der Waals surface area contributed by atoms with E-state index < -0.39 is 0 Å². The molecule has 0 N–H and O–H groups in total. The smallest absolute Gasteiger partial charge is 0.251 e. The van der Waals surface area contributed by atoms with E-state index in [1.165, 1.54) is 0 Å². The van der Waals surface area contributed by atoms with Crippen LogP contribution in [0.4, 0.5) is 0 Å². The Bertz CT molecular complexity index is 800. The molecule has 2 amide bonds. The first-order chi connectivity index (χ1) is 12.7. The maximum Gasteiger partial charge on any atom is 0.251 e. The van der Waals surface area contributed by atoms with E-state index >= 15 is 0 Å². The molecular formula is C19H21N3O3S. The monoisotopic (exact) mass is 371 g/mol. The molecule has 7 heteroatoms. The van der Waals surface area contributed by atoms with Gasteiger partial charge in [0.05, 0.1) is 10.2 Å². The van der Waals surface area contributed by atoms with Crippen LogP contribution in [0.2, 0.25) is 0 Å². The number of ether oxygens (including phenoxy) is 1.